The Morgan fingerprint density at radius 3 is 2.77 bits per heavy atom. The van der Waals surface area contributed by atoms with Gasteiger partial charge in [-0.2, -0.15) is 0 Å². The molecule has 0 aromatic carbocycles. The van der Waals surface area contributed by atoms with E-state index in [0.29, 0.717) is 11.8 Å². The molecular formula is C8H14ClN3O. The fourth-order valence-corrected chi connectivity index (χ4v) is 1.29. The predicted molar refractivity (Wildman–Crippen MR) is 50.9 cm³/mol. The van der Waals surface area contributed by atoms with Gasteiger partial charge in [0.25, 0.3) is 0 Å². The van der Waals surface area contributed by atoms with E-state index in [1.165, 1.54) is 0 Å². The molecule has 0 fully saturated rings. The lowest BCUT2D eigenvalue weighted by atomic mass is 10.4. The minimum Gasteiger partial charge on any atom is -0.380 e. The van der Waals surface area contributed by atoms with Gasteiger partial charge in [-0.1, -0.05) is 6.92 Å². The van der Waals surface area contributed by atoms with E-state index in [9.17, 15) is 0 Å². The summed E-state index contributed by atoms with van der Waals surface area (Å²) in [6, 6.07) is 0. The number of hydrogen-bond donors (Lipinski definition) is 0. The number of nitrogens with zero attached hydrogens (tertiary/aromatic N) is 3. The summed E-state index contributed by atoms with van der Waals surface area (Å²) in [6.45, 7) is 4.70. The second kappa shape index (κ2) is 4.58. The number of ether oxygens (including phenoxy) is 1. The summed E-state index contributed by atoms with van der Waals surface area (Å²) < 4.78 is 7.01. The first-order valence-corrected chi connectivity index (χ1v) is 4.67. The van der Waals surface area contributed by atoms with Gasteiger partial charge in [-0.25, -0.2) is 0 Å². The SMILES string of the molecule is CCc1nnc(Cl)n1CC(C)OC. The Labute approximate surface area is 82.9 Å². The predicted octanol–water partition coefficient (Wildman–Crippen LogP) is 1.53. The molecule has 1 atom stereocenters. The minimum atomic E-state index is 0.124. The lowest BCUT2D eigenvalue weighted by Gasteiger charge is -2.11. The van der Waals surface area contributed by atoms with Crippen molar-refractivity contribution in [1.29, 1.82) is 0 Å². The molecule has 0 saturated heterocycles. The van der Waals surface area contributed by atoms with Crippen molar-refractivity contribution in [1.82, 2.24) is 14.8 Å². The van der Waals surface area contributed by atoms with Crippen molar-refractivity contribution in [2.24, 2.45) is 0 Å². The average Bonchev–Trinajstić information content (AvgIpc) is 2.48. The standard InChI is InChI=1S/C8H14ClN3O/c1-4-7-10-11-8(9)12(7)5-6(2)13-3/h6H,4-5H2,1-3H3. The molecule has 5 heteroatoms. The maximum atomic E-state index is 5.86. The monoisotopic (exact) mass is 203 g/mol. The first-order chi connectivity index (χ1) is 6.19. The Morgan fingerprint density at radius 2 is 2.23 bits per heavy atom. The highest BCUT2D eigenvalue weighted by molar-refractivity contribution is 6.28. The number of aryl methyl sites for hydroxylation is 1. The Balaban J connectivity index is 2.79. The van der Waals surface area contributed by atoms with Crippen molar-refractivity contribution >= 4 is 11.6 Å². The van der Waals surface area contributed by atoms with Crippen LogP contribution >= 0.6 is 11.6 Å². The van der Waals surface area contributed by atoms with E-state index in [2.05, 4.69) is 10.2 Å². The van der Waals surface area contributed by atoms with Gasteiger partial charge in [-0.05, 0) is 18.5 Å². The van der Waals surface area contributed by atoms with Gasteiger partial charge in [0.2, 0.25) is 5.28 Å². The van der Waals surface area contributed by atoms with Gasteiger partial charge in [0, 0.05) is 13.5 Å². The van der Waals surface area contributed by atoms with E-state index in [1.54, 1.807) is 7.11 Å². The minimum absolute atomic E-state index is 0.124. The molecule has 0 saturated carbocycles. The molecule has 0 spiro atoms. The van der Waals surface area contributed by atoms with Gasteiger partial charge in [-0.15, -0.1) is 10.2 Å². The van der Waals surface area contributed by atoms with Crippen molar-refractivity contribution in [3.63, 3.8) is 0 Å². The zero-order chi connectivity index (χ0) is 9.84. The largest absolute Gasteiger partial charge is 0.380 e. The van der Waals surface area contributed by atoms with Crippen LogP contribution < -0.4 is 0 Å². The highest BCUT2D eigenvalue weighted by Gasteiger charge is 2.10. The molecule has 0 bridgehead atoms. The molecule has 1 rings (SSSR count). The number of halogens is 1. The quantitative estimate of drug-likeness (QED) is 0.745. The van der Waals surface area contributed by atoms with Crippen LogP contribution in [-0.2, 0) is 17.7 Å². The number of rotatable bonds is 4. The fraction of sp³-hybridized carbons (Fsp3) is 0.750. The zero-order valence-electron chi connectivity index (χ0n) is 8.12. The first-order valence-electron chi connectivity index (χ1n) is 4.29. The molecule has 0 N–H and O–H groups in total. The Morgan fingerprint density at radius 1 is 1.54 bits per heavy atom. The van der Waals surface area contributed by atoms with Crippen LogP contribution in [0.5, 0.6) is 0 Å². The molecule has 1 heterocycles. The third kappa shape index (κ3) is 2.42. The first kappa shape index (κ1) is 10.5. The summed E-state index contributed by atoms with van der Waals surface area (Å²) in [5, 5.41) is 8.18. The second-order valence-electron chi connectivity index (χ2n) is 2.90. The molecule has 1 aromatic heterocycles. The fourth-order valence-electron chi connectivity index (χ4n) is 1.09. The van der Waals surface area contributed by atoms with Crippen LogP contribution in [0.3, 0.4) is 0 Å². The van der Waals surface area contributed by atoms with E-state index in [4.69, 9.17) is 16.3 Å². The molecule has 4 nitrogen and oxygen atoms in total. The molecule has 1 aromatic rings. The third-order valence-corrected chi connectivity index (χ3v) is 2.22. The van der Waals surface area contributed by atoms with Crippen LogP contribution in [0.2, 0.25) is 5.28 Å². The molecular weight excluding hydrogens is 190 g/mol. The Hall–Kier alpha value is -0.610. The summed E-state index contributed by atoms with van der Waals surface area (Å²) in [5.41, 5.74) is 0. The van der Waals surface area contributed by atoms with Crippen LogP contribution in [-0.4, -0.2) is 28.0 Å². The Bertz CT molecular complexity index is 274. The zero-order valence-corrected chi connectivity index (χ0v) is 8.88. The molecule has 0 aliphatic heterocycles. The Kier molecular flexibility index (Phi) is 3.69. The van der Waals surface area contributed by atoms with Gasteiger partial charge in [0.05, 0.1) is 12.6 Å². The van der Waals surface area contributed by atoms with Crippen molar-refractivity contribution in [2.75, 3.05) is 7.11 Å². The van der Waals surface area contributed by atoms with E-state index >= 15 is 0 Å². The second-order valence-corrected chi connectivity index (χ2v) is 3.23. The number of methoxy groups -OCH3 is 1. The summed E-state index contributed by atoms with van der Waals surface area (Å²) in [4.78, 5) is 0. The normalized spacial score (nSPS) is 13.2. The topological polar surface area (TPSA) is 39.9 Å². The maximum absolute atomic E-state index is 5.86. The average molecular weight is 204 g/mol. The molecule has 1 unspecified atom stereocenters. The van der Waals surface area contributed by atoms with Crippen LogP contribution in [0.4, 0.5) is 0 Å². The van der Waals surface area contributed by atoms with Crippen LogP contribution in [0.15, 0.2) is 0 Å². The van der Waals surface area contributed by atoms with E-state index in [-0.39, 0.29) is 6.10 Å². The van der Waals surface area contributed by atoms with Crippen LogP contribution in [0, 0.1) is 0 Å². The van der Waals surface area contributed by atoms with Crippen LogP contribution in [0.1, 0.15) is 19.7 Å². The lowest BCUT2D eigenvalue weighted by molar-refractivity contribution is 0.102. The van der Waals surface area contributed by atoms with Gasteiger partial charge in [-0.3, -0.25) is 4.57 Å². The summed E-state index contributed by atoms with van der Waals surface area (Å²) >= 11 is 5.86. The molecule has 0 aliphatic rings. The highest BCUT2D eigenvalue weighted by Crippen LogP contribution is 2.10. The smallest absolute Gasteiger partial charge is 0.225 e. The van der Waals surface area contributed by atoms with E-state index in [0.717, 1.165) is 12.2 Å². The van der Waals surface area contributed by atoms with E-state index in [1.807, 2.05) is 18.4 Å². The molecule has 74 valence electrons. The van der Waals surface area contributed by atoms with Crippen molar-refractivity contribution < 1.29 is 4.74 Å². The third-order valence-electron chi connectivity index (χ3n) is 1.94. The van der Waals surface area contributed by atoms with Crippen molar-refractivity contribution in [3.8, 4) is 0 Å². The van der Waals surface area contributed by atoms with Gasteiger partial charge in [0.1, 0.15) is 5.82 Å². The summed E-state index contributed by atoms with van der Waals surface area (Å²) in [5.74, 6) is 0.897. The van der Waals surface area contributed by atoms with Gasteiger partial charge in [0.15, 0.2) is 0 Å². The number of aromatic nitrogens is 3. The summed E-state index contributed by atoms with van der Waals surface area (Å²) in [7, 11) is 1.68. The molecule has 0 radical (unpaired) electrons. The maximum Gasteiger partial charge on any atom is 0.225 e. The van der Waals surface area contributed by atoms with Crippen molar-refractivity contribution in [3.05, 3.63) is 11.1 Å². The van der Waals surface area contributed by atoms with Crippen LogP contribution in [0.25, 0.3) is 0 Å². The highest BCUT2D eigenvalue weighted by atomic mass is 35.5. The number of hydrogen-bond acceptors (Lipinski definition) is 3. The molecule has 0 aliphatic carbocycles. The molecule has 13 heavy (non-hydrogen) atoms. The lowest BCUT2D eigenvalue weighted by Crippen LogP contribution is -2.16. The summed E-state index contributed by atoms with van der Waals surface area (Å²) in [6.07, 6.45) is 0.953. The van der Waals surface area contributed by atoms with E-state index < -0.39 is 0 Å². The van der Waals surface area contributed by atoms with Crippen molar-refractivity contribution in [2.45, 2.75) is 32.9 Å². The molecule has 0 amide bonds. The van der Waals surface area contributed by atoms with Gasteiger partial charge < -0.3 is 4.74 Å². The van der Waals surface area contributed by atoms with Gasteiger partial charge >= 0.3 is 0 Å².